The molecule has 0 aliphatic carbocycles. The first-order valence-corrected chi connectivity index (χ1v) is 6.70. The highest BCUT2D eigenvalue weighted by Crippen LogP contribution is 2.22. The Morgan fingerprint density at radius 2 is 2.24 bits per heavy atom. The lowest BCUT2D eigenvalue weighted by atomic mass is 9.98. The first-order valence-electron chi connectivity index (χ1n) is 5.82. The van der Waals surface area contributed by atoms with Gasteiger partial charge in [-0.2, -0.15) is 0 Å². The van der Waals surface area contributed by atoms with E-state index < -0.39 is 0 Å². The van der Waals surface area contributed by atoms with E-state index in [1.807, 2.05) is 31.1 Å². The molecular formula is C13H17N3S. The van der Waals surface area contributed by atoms with Crippen molar-refractivity contribution < 1.29 is 0 Å². The molecule has 2 rings (SSSR count). The van der Waals surface area contributed by atoms with Crippen LogP contribution in [0.2, 0.25) is 0 Å². The number of hydrogen-bond donors (Lipinski definition) is 1. The molecule has 1 N–H and O–H groups in total. The van der Waals surface area contributed by atoms with Gasteiger partial charge >= 0.3 is 0 Å². The van der Waals surface area contributed by atoms with E-state index in [0.717, 1.165) is 12.8 Å². The predicted octanol–water partition coefficient (Wildman–Crippen LogP) is 2.60. The molecule has 0 fully saturated rings. The topological polar surface area (TPSA) is 37.8 Å². The fourth-order valence-electron chi connectivity index (χ4n) is 1.98. The van der Waals surface area contributed by atoms with E-state index in [2.05, 4.69) is 28.3 Å². The van der Waals surface area contributed by atoms with Crippen molar-refractivity contribution in [2.24, 2.45) is 0 Å². The molecule has 0 aromatic carbocycles. The second-order valence-corrected chi connectivity index (χ2v) is 4.91. The first-order chi connectivity index (χ1) is 8.35. The van der Waals surface area contributed by atoms with E-state index in [1.54, 1.807) is 11.3 Å². The van der Waals surface area contributed by atoms with Crippen LogP contribution in [0.5, 0.6) is 0 Å². The zero-order valence-corrected chi connectivity index (χ0v) is 11.0. The molecule has 1 atom stereocenters. The molecule has 0 radical (unpaired) electrons. The van der Waals surface area contributed by atoms with Crippen LogP contribution in [-0.2, 0) is 12.8 Å². The number of aryl methyl sites for hydroxylation is 1. The Labute approximate surface area is 106 Å². The molecule has 1 unspecified atom stereocenters. The third kappa shape index (κ3) is 2.90. The first kappa shape index (κ1) is 12.2. The Morgan fingerprint density at radius 3 is 2.88 bits per heavy atom. The van der Waals surface area contributed by atoms with Gasteiger partial charge in [0.15, 0.2) is 0 Å². The van der Waals surface area contributed by atoms with Crippen molar-refractivity contribution in [3.63, 3.8) is 0 Å². The number of pyridine rings is 1. The van der Waals surface area contributed by atoms with Gasteiger partial charge in [0.1, 0.15) is 0 Å². The highest BCUT2D eigenvalue weighted by Gasteiger charge is 2.14. The summed E-state index contributed by atoms with van der Waals surface area (Å²) in [4.78, 5) is 9.63. The second kappa shape index (κ2) is 5.89. The number of likely N-dealkylation sites (N-methyl/N-ethyl adjacent to an activating group) is 1. The summed E-state index contributed by atoms with van der Waals surface area (Å²) in [5, 5.41) is 3.38. The Hall–Kier alpha value is -1.26. The molecule has 3 nitrogen and oxygen atoms in total. The fourth-order valence-corrected chi connectivity index (χ4v) is 2.63. The lowest BCUT2D eigenvalue weighted by molar-refractivity contribution is 0.590. The van der Waals surface area contributed by atoms with Crippen molar-refractivity contribution in [2.45, 2.75) is 25.8 Å². The van der Waals surface area contributed by atoms with Crippen LogP contribution in [-0.4, -0.2) is 17.0 Å². The van der Waals surface area contributed by atoms with Crippen LogP contribution < -0.4 is 5.32 Å². The number of thiazole rings is 1. The van der Waals surface area contributed by atoms with Gasteiger partial charge in [-0.3, -0.25) is 9.97 Å². The standard InChI is InChI=1S/C13H17N3S/c1-3-10-7-15-5-4-12(10)13(14-2)6-11-8-16-9-17-11/h4-5,7-9,13-14H,3,6H2,1-2H3. The summed E-state index contributed by atoms with van der Waals surface area (Å²) in [6.45, 7) is 2.17. The van der Waals surface area contributed by atoms with E-state index in [0.29, 0.717) is 6.04 Å². The van der Waals surface area contributed by atoms with Crippen molar-refractivity contribution in [2.75, 3.05) is 7.05 Å². The van der Waals surface area contributed by atoms with Gasteiger partial charge < -0.3 is 5.32 Å². The number of nitrogens with zero attached hydrogens (tertiary/aromatic N) is 2. The smallest absolute Gasteiger partial charge is 0.0794 e. The minimum Gasteiger partial charge on any atom is -0.313 e. The van der Waals surface area contributed by atoms with Crippen molar-refractivity contribution in [3.05, 3.63) is 46.2 Å². The molecule has 0 spiro atoms. The van der Waals surface area contributed by atoms with Crippen LogP contribution in [0.25, 0.3) is 0 Å². The third-order valence-electron chi connectivity index (χ3n) is 2.93. The molecule has 17 heavy (non-hydrogen) atoms. The van der Waals surface area contributed by atoms with Crippen molar-refractivity contribution in [1.82, 2.24) is 15.3 Å². The predicted molar refractivity (Wildman–Crippen MR) is 71.2 cm³/mol. The summed E-state index contributed by atoms with van der Waals surface area (Å²) in [5.74, 6) is 0. The number of hydrogen-bond acceptors (Lipinski definition) is 4. The summed E-state index contributed by atoms with van der Waals surface area (Å²) >= 11 is 1.71. The van der Waals surface area contributed by atoms with Gasteiger partial charge in [-0.25, -0.2) is 0 Å². The molecule has 2 aromatic heterocycles. The van der Waals surface area contributed by atoms with Crippen LogP contribution in [0.3, 0.4) is 0 Å². The van der Waals surface area contributed by atoms with Crippen LogP contribution in [0.4, 0.5) is 0 Å². The van der Waals surface area contributed by atoms with Gasteiger partial charge in [-0.1, -0.05) is 6.92 Å². The molecule has 0 saturated carbocycles. The fraction of sp³-hybridized carbons (Fsp3) is 0.385. The van der Waals surface area contributed by atoms with Gasteiger partial charge in [0.2, 0.25) is 0 Å². The van der Waals surface area contributed by atoms with Crippen LogP contribution >= 0.6 is 11.3 Å². The third-order valence-corrected chi connectivity index (χ3v) is 3.74. The molecule has 0 aliphatic rings. The minimum absolute atomic E-state index is 0.341. The van der Waals surface area contributed by atoms with E-state index in [1.165, 1.54) is 16.0 Å². The highest BCUT2D eigenvalue weighted by atomic mass is 32.1. The molecule has 0 bridgehead atoms. The van der Waals surface area contributed by atoms with Crippen molar-refractivity contribution in [3.8, 4) is 0 Å². The lowest BCUT2D eigenvalue weighted by Gasteiger charge is -2.18. The minimum atomic E-state index is 0.341. The SMILES string of the molecule is CCc1cnccc1C(Cc1cncs1)NC. The van der Waals surface area contributed by atoms with E-state index >= 15 is 0 Å². The average molecular weight is 247 g/mol. The molecule has 0 aliphatic heterocycles. The second-order valence-electron chi connectivity index (χ2n) is 3.94. The molecule has 2 heterocycles. The van der Waals surface area contributed by atoms with Crippen LogP contribution in [0.1, 0.15) is 29.0 Å². The number of rotatable bonds is 5. The Bertz CT molecular complexity index is 453. The van der Waals surface area contributed by atoms with Crippen LogP contribution in [0, 0.1) is 0 Å². The number of aromatic nitrogens is 2. The van der Waals surface area contributed by atoms with Gasteiger partial charge in [-0.15, -0.1) is 11.3 Å². The monoisotopic (exact) mass is 247 g/mol. The Morgan fingerprint density at radius 1 is 1.35 bits per heavy atom. The maximum absolute atomic E-state index is 4.19. The molecular weight excluding hydrogens is 230 g/mol. The molecule has 2 aromatic rings. The average Bonchev–Trinajstić information content (AvgIpc) is 2.89. The van der Waals surface area contributed by atoms with Gasteiger partial charge in [-0.05, 0) is 30.7 Å². The van der Waals surface area contributed by atoms with Crippen molar-refractivity contribution >= 4 is 11.3 Å². The maximum atomic E-state index is 4.19. The van der Waals surface area contributed by atoms with Gasteiger partial charge in [0.05, 0.1) is 5.51 Å². The highest BCUT2D eigenvalue weighted by molar-refractivity contribution is 7.09. The molecule has 0 saturated heterocycles. The Balaban J connectivity index is 2.22. The van der Waals surface area contributed by atoms with Gasteiger partial charge in [0, 0.05) is 35.9 Å². The number of nitrogens with one attached hydrogen (secondary N) is 1. The summed E-state index contributed by atoms with van der Waals surface area (Å²) in [5.41, 5.74) is 4.55. The normalized spacial score (nSPS) is 12.6. The van der Waals surface area contributed by atoms with Crippen molar-refractivity contribution in [1.29, 1.82) is 0 Å². The maximum Gasteiger partial charge on any atom is 0.0794 e. The summed E-state index contributed by atoms with van der Waals surface area (Å²) < 4.78 is 0. The molecule has 4 heteroatoms. The Kier molecular flexibility index (Phi) is 4.23. The van der Waals surface area contributed by atoms with E-state index in [9.17, 15) is 0 Å². The summed E-state index contributed by atoms with van der Waals surface area (Å²) in [6, 6.07) is 2.45. The summed E-state index contributed by atoms with van der Waals surface area (Å²) in [6.07, 6.45) is 7.78. The molecule has 0 amide bonds. The lowest BCUT2D eigenvalue weighted by Crippen LogP contribution is -2.20. The van der Waals surface area contributed by atoms with E-state index in [4.69, 9.17) is 0 Å². The molecule has 90 valence electrons. The zero-order chi connectivity index (χ0) is 12.1. The zero-order valence-electron chi connectivity index (χ0n) is 10.2. The summed E-state index contributed by atoms with van der Waals surface area (Å²) in [7, 11) is 2.01. The van der Waals surface area contributed by atoms with E-state index in [-0.39, 0.29) is 0 Å². The van der Waals surface area contributed by atoms with Crippen LogP contribution in [0.15, 0.2) is 30.2 Å². The van der Waals surface area contributed by atoms with Gasteiger partial charge in [0.25, 0.3) is 0 Å². The largest absolute Gasteiger partial charge is 0.313 e. The quantitative estimate of drug-likeness (QED) is 0.882.